The Morgan fingerprint density at radius 1 is 1.21 bits per heavy atom. The molecular formula is C20H18ClFN4OS. The fourth-order valence-electron chi connectivity index (χ4n) is 2.29. The van der Waals surface area contributed by atoms with Crippen LogP contribution in [0.25, 0.3) is 11.3 Å². The van der Waals surface area contributed by atoms with Crippen LogP contribution < -0.4 is 10.7 Å². The number of hydrazone groups is 1. The lowest BCUT2D eigenvalue weighted by molar-refractivity contribution is -0.118. The number of halogens is 2. The number of nitrogens with zero attached hydrogens (tertiary/aromatic N) is 2. The summed E-state index contributed by atoms with van der Waals surface area (Å²) in [7, 11) is 0. The molecule has 144 valence electrons. The number of rotatable bonds is 6. The van der Waals surface area contributed by atoms with Gasteiger partial charge in [-0.2, -0.15) is 5.10 Å². The van der Waals surface area contributed by atoms with E-state index in [-0.39, 0.29) is 22.4 Å². The van der Waals surface area contributed by atoms with Gasteiger partial charge in [-0.3, -0.25) is 10.2 Å². The third-order valence-corrected chi connectivity index (χ3v) is 4.99. The predicted molar refractivity (Wildman–Crippen MR) is 114 cm³/mol. The maximum Gasteiger partial charge on any atom is 0.227 e. The molecule has 1 amide bonds. The van der Waals surface area contributed by atoms with Crippen molar-refractivity contribution in [3.8, 4) is 11.3 Å². The molecule has 1 heterocycles. The van der Waals surface area contributed by atoms with Gasteiger partial charge in [0, 0.05) is 17.0 Å². The Kier molecular flexibility index (Phi) is 6.38. The van der Waals surface area contributed by atoms with Crippen molar-refractivity contribution in [1.82, 2.24) is 4.98 Å². The highest BCUT2D eigenvalue weighted by molar-refractivity contribution is 7.20. The van der Waals surface area contributed by atoms with Gasteiger partial charge in [-0.25, -0.2) is 9.37 Å². The van der Waals surface area contributed by atoms with E-state index in [4.69, 9.17) is 11.6 Å². The number of aromatic nitrogens is 1. The van der Waals surface area contributed by atoms with E-state index in [1.807, 2.05) is 44.2 Å². The summed E-state index contributed by atoms with van der Waals surface area (Å²) in [6.45, 7) is 3.64. The Morgan fingerprint density at radius 3 is 2.64 bits per heavy atom. The van der Waals surface area contributed by atoms with Gasteiger partial charge in [-0.05, 0) is 12.1 Å². The second-order valence-corrected chi connectivity index (χ2v) is 7.62. The highest BCUT2D eigenvalue weighted by atomic mass is 35.5. The molecule has 0 bridgehead atoms. The maximum absolute atomic E-state index is 13.8. The molecule has 0 aliphatic heterocycles. The van der Waals surface area contributed by atoms with E-state index in [9.17, 15) is 9.18 Å². The second kappa shape index (κ2) is 8.95. The van der Waals surface area contributed by atoms with Crippen LogP contribution in [0.1, 0.15) is 19.4 Å². The average Bonchev–Trinajstić information content (AvgIpc) is 3.07. The van der Waals surface area contributed by atoms with E-state index in [1.165, 1.54) is 29.7 Å². The number of benzene rings is 2. The van der Waals surface area contributed by atoms with Crippen molar-refractivity contribution in [3.05, 3.63) is 64.9 Å². The van der Waals surface area contributed by atoms with Gasteiger partial charge in [0.05, 0.1) is 11.2 Å². The third-order valence-electron chi connectivity index (χ3n) is 3.79. The van der Waals surface area contributed by atoms with E-state index in [0.29, 0.717) is 15.8 Å². The van der Waals surface area contributed by atoms with Gasteiger partial charge in [0.1, 0.15) is 16.5 Å². The summed E-state index contributed by atoms with van der Waals surface area (Å²) >= 11 is 7.24. The summed E-state index contributed by atoms with van der Waals surface area (Å²) in [5.74, 6) is -0.732. The Hall–Kier alpha value is -2.77. The summed E-state index contributed by atoms with van der Waals surface area (Å²) in [4.78, 5) is 16.7. The molecule has 0 saturated heterocycles. The molecule has 5 nitrogen and oxygen atoms in total. The van der Waals surface area contributed by atoms with Crippen LogP contribution in [0.5, 0.6) is 0 Å². The van der Waals surface area contributed by atoms with Gasteiger partial charge in [0.25, 0.3) is 0 Å². The average molecular weight is 417 g/mol. The fourth-order valence-corrected chi connectivity index (χ4v) is 3.34. The minimum absolute atomic E-state index is 0.103. The first-order chi connectivity index (χ1) is 13.5. The van der Waals surface area contributed by atoms with Crippen LogP contribution in [-0.4, -0.2) is 17.1 Å². The molecule has 3 aromatic rings. The molecule has 8 heteroatoms. The Balaban J connectivity index is 1.86. The lowest BCUT2D eigenvalue weighted by Gasteiger charge is -2.07. The number of amides is 1. The van der Waals surface area contributed by atoms with Gasteiger partial charge in [-0.15, -0.1) is 0 Å². The van der Waals surface area contributed by atoms with Crippen LogP contribution in [0, 0.1) is 11.7 Å². The highest BCUT2D eigenvalue weighted by Crippen LogP contribution is 2.36. The fraction of sp³-hybridized carbons (Fsp3) is 0.150. The van der Waals surface area contributed by atoms with Crippen LogP contribution >= 0.6 is 22.9 Å². The van der Waals surface area contributed by atoms with Crippen molar-refractivity contribution in [3.63, 3.8) is 0 Å². The first-order valence-electron chi connectivity index (χ1n) is 8.56. The summed E-state index contributed by atoms with van der Waals surface area (Å²) in [6.07, 6.45) is 1.30. The second-order valence-electron chi connectivity index (χ2n) is 6.21. The third kappa shape index (κ3) is 4.74. The number of carbonyl (C=O) groups is 1. The van der Waals surface area contributed by atoms with Gasteiger partial charge >= 0.3 is 0 Å². The zero-order valence-corrected chi connectivity index (χ0v) is 16.8. The molecule has 0 aliphatic rings. The smallest absolute Gasteiger partial charge is 0.227 e. The van der Waals surface area contributed by atoms with Crippen LogP contribution in [0.15, 0.2) is 53.6 Å². The van der Waals surface area contributed by atoms with Gasteiger partial charge in [-0.1, -0.05) is 73.2 Å². The Bertz CT molecular complexity index is 984. The number of carbonyl (C=O) groups excluding carboxylic acids is 1. The number of anilines is 2. The first-order valence-corrected chi connectivity index (χ1v) is 9.75. The quantitative estimate of drug-likeness (QED) is 0.403. The summed E-state index contributed by atoms with van der Waals surface area (Å²) < 4.78 is 13.8. The Morgan fingerprint density at radius 2 is 1.96 bits per heavy atom. The molecule has 0 spiro atoms. The van der Waals surface area contributed by atoms with Crippen molar-refractivity contribution >= 4 is 45.2 Å². The monoisotopic (exact) mass is 416 g/mol. The van der Waals surface area contributed by atoms with Crippen molar-refractivity contribution in [1.29, 1.82) is 0 Å². The molecular weight excluding hydrogens is 399 g/mol. The number of nitrogens with one attached hydrogen (secondary N) is 2. The molecule has 28 heavy (non-hydrogen) atoms. The van der Waals surface area contributed by atoms with E-state index < -0.39 is 5.82 Å². The first kappa shape index (κ1) is 20.0. The van der Waals surface area contributed by atoms with Gasteiger partial charge in [0.2, 0.25) is 11.0 Å². The summed E-state index contributed by atoms with van der Waals surface area (Å²) in [6, 6.07) is 13.9. The predicted octanol–water partition coefficient (Wildman–Crippen LogP) is 5.64. The topological polar surface area (TPSA) is 66.4 Å². The van der Waals surface area contributed by atoms with Crippen LogP contribution in [-0.2, 0) is 4.79 Å². The number of hydrogen-bond acceptors (Lipinski definition) is 5. The molecule has 0 atom stereocenters. The van der Waals surface area contributed by atoms with Crippen LogP contribution in [0.3, 0.4) is 0 Å². The SMILES string of the molecule is CC(C)C(=O)Nc1sc(N/N=C/c2c(F)cccc2Cl)nc1-c1ccccc1. The molecule has 1 aromatic heterocycles. The van der Waals surface area contributed by atoms with Crippen molar-refractivity contribution in [2.24, 2.45) is 11.0 Å². The summed E-state index contributed by atoms with van der Waals surface area (Å²) in [5, 5.41) is 8.27. The lowest BCUT2D eigenvalue weighted by atomic mass is 10.1. The van der Waals surface area contributed by atoms with E-state index in [0.717, 1.165) is 5.56 Å². The van der Waals surface area contributed by atoms with E-state index in [1.54, 1.807) is 6.07 Å². The minimum Gasteiger partial charge on any atom is -0.316 e. The van der Waals surface area contributed by atoms with E-state index >= 15 is 0 Å². The number of hydrogen-bond donors (Lipinski definition) is 2. The van der Waals surface area contributed by atoms with Crippen molar-refractivity contribution in [2.45, 2.75) is 13.8 Å². The molecule has 0 aliphatic carbocycles. The van der Waals surface area contributed by atoms with Crippen LogP contribution in [0.2, 0.25) is 5.02 Å². The zero-order chi connectivity index (χ0) is 20.1. The minimum atomic E-state index is -0.466. The highest BCUT2D eigenvalue weighted by Gasteiger charge is 2.17. The largest absolute Gasteiger partial charge is 0.316 e. The number of thiazole rings is 1. The molecule has 0 unspecified atom stereocenters. The lowest BCUT2D eigenvalue weighted by Crippen LogP contribution is -2.17. The molecule has 0 fully saturated rings. The normalized spacial score (nSPS) is 11.2. The molecule has 2 aromatic carbocycles. The standard InChI is InChI=1S/C20H18ClFN4OS/c1-12(2)18(27)25-19-17(13-7-4-3-5-8-13)24-20(28-19)26-23-11-14-15(21)9-6-10-16(14)22/h3-12H,1-2H3,(H,24,26)(H,25,27)/b23-11+. The van der Waals surface area contributed by atoms with Gasteiger partial charge in [0.15, 0.2) is 0 Å². The molecule has 2 N–H and O–H groups in total. The van der Waals surface area contributed by atoms with Gasteiger partial charge < -0.3 is 5.32 Å². The van der Waals surface area contributed by atoms with Crippen LogP contribution in [0.4, 0.5) is 14.5 Å². The van der Waals surface area contributed by atoms with Crippen molar-refractivity contribution < 1.29 is 9.18 Å². The van der Waals surface area contributed by atoms with E-state index in [2.05, 4.69) is 20.8 Å². The molecule has 0 saturated carbocycles. The zero-order valence-electron chi connectivity index (χ0n) is 15.2. The maximum atomic E-state index is 13.8. The van der Waals surface area contributed by atoms with Crippen molar-refractivity contribution in [2.75, 3.05) is 10.7 Å². The summed E-state index contributed by atoms with van der Waals surface area (Å²) in [5.41, 5.74) is 4.47. The molecule has 3 rings (SSSR count). The Labute approximate surface area is 171 Å². The molecule has 0 radical (unpaired) electrons.